The lowest BCUT2D eigenvalue weighted by atomic mass is 9.81. The summed E-state index contributed by atoms with van der Waals surface area (Å²) in [6.07, 6.45) is 1.49. The Bertz CT molecular complexity index is 637. The molecule has 0 aliphatic rings. The molecule has 1 aromatic heterocycles. The van der Waals surface area contributed by atoms with Crippen LogP contribution in [-0.4, -0.2) is 21.7 Å². The highest BCUT2D eigenvalue weighted by Gasteiger charge is 2.12. The van der Waals surface area contributed by atoms with Crippen molar-refractivity contribution in [2.75, 3.05) is 0 Å². The zero-order valence-corrected chi connectivity index (χ0v) is 11.3. The van der Waals surface area contributed by atoms with Gasteiger partial charge < -0.3 is 14.6 Å². The van der Waals surface area contributed by atoms with Gasteiger partial charge in [0.25, 0.3) is 0 Å². The number of rotatable bonds is 3. The van der Waals surface area contributed by atoms with E-state index in [2.05, 4.69) is 0 Å². The Kier molecular flexibility index (Phi) is 4.32. The fourth-order valence-electron chi connectivity index (χ4n) is 1.71. The van der Waals surface area contributed by atoms with Gasteiger partial charge in [0.2, 0.25) is 5.56 Å². The molecular weight excluding hydrogens is 288 g/mol. The summed E-state index contributed by atoms with van der Waals surface area (Å²) < 4.78 is 1.42. The number of nitrogens with zero attached hydrogens (tertiary/aromatic N) is 1. The molecule has 0 fully saturated rings. The summed E-state index contributed by atoms with van der Waals surface area (Å²) in [5.41, 5.74) is 0.615. The minimum absolute atomic E-state index is 0.158. The van der Waals surface area contributed by atoms with Crippen LogP contribution in [-0.2, 0) is 6.54 Å². The minimum Gasteiger partial charge on any atom is -0.423 e. The summed E-state index contributed by atoms with van der Waals surface area (Å²) in [5, 5.41) is 18.9. The van der Waals surface area contributed by atoms with Gasteiger partial charge in [-0.15, -0.1) is 0 Å². The van der Waals surface area contributed by atoms with E-state index in [0.717, 1.165) is 5.56 Å². The third-order valence-corrected chi connectivity index (χ3v) is 3.03. The normalized spacial score (nSPS) is 10.5. The summed E-state index contributed by atoms with van der Waals surface area (Å²) in [6, 6.07) is 7.69. The predicted octanol–water partition coefficient (Wildman–Crippen LogP) is 0.883. The smallest absolute Gasteiger partial charge is 0.423 e. The lowest BCUT2D eigenvalue weighted by molar-refractivity contribution is 0.425. The van der Waals surface area contributed by atoms with Gasteiger partial charge in [-0.2, -0.15) is 0 Å². The zero-order chi connectivity index (χ0) is 14.0. The van der Waals surface area contributed by atoms with Crippen molar-refractivity contribution in [3.63, 3.8) is 0 Å². The maximum atomic E-state index is 11.8. The molecule has 4 nitrogen and oxygen atoms in total. The van der Waals surface area contributed by atoms with Gasteiger partial charge in [-0.1, -0.05) is 23.2 Å². The van der Waals surface area contributed by atoms with Crippen LogP contribution in [0, 0.1) is 0 Å². The highest BCUT2D eigenvalue weighted by atomic mass is 35.5. The molecule has 0 radical (unpaired) electrons. The van der Waals surface area contributed by atoms with Crippen LogP contribution in [0.1, 0.15) is 5.56 Å². The van der Waals surface area contributed by atoms with Crippen LogP contribution in [0.25, 0.3) is 0 Å². The lowest BCUT2D eigenvalue weighted by Crippen LogP contribution is -2.35. The van der Waals surface area contributed by atoms with Gasteiger partial charge in [-0.25, -0.2) is 0 Å². The summed E-state index contributed by atoms with van der Waals surface area (Å²) in [6.45, 7) is 0.306. The van der Waals surface area contributed by atoms with Crippen molar-refractivity contribution in [2.24, 2.45) is 0 Å². The summed E-state index contributed by atoms with van der Waals surface area (Å²) >= 11 is 11.8. The van der Waals surface area contributed by atoms with Crippen LogP contribution < -0.4 is 11.0 Å². The summed E-state index contributed by atoms with van der Waals surface area (Å²) in [4.78, 5) is 11.8. The molecule has 2 N–H and O–H groups in total. The van der Waals surface area contributed by atoms with Gasteiger partial charge in [0.05, 0.1) is 6.54 Å². The summed E-state index contributed by atoms with van der Waals surface area (Å²) in [7, 11) is -1.65. The first-order valence-corrected chi connectivity index (χ1v) is 6.23. The molecule has 1 aromatic carbocycles. The second-order valence-corrected chi connectivity index (χ2v) is 4.95. The topological polar surface area (TPSA) is 62.5 Å². The molecule has 0 aliphatic carbocycles. The lowest BCUT2D eigenvalue weighted by Gasteiger charge is -2.08. The second-order valence-electron chi connectivity index (χ2n) is 4.08. The van der Waals surface area contributed by atoms with Crippen molar-refractivity contribution in [3.05, 3.63) is 62.5 Å². The molecule has 7 heteroatoms. The monoisotopic (exact) mass is 297 g/mol. The highest BCUT2D eigenvalue weighted by molar-refractivity contribution is 6.58. The number of pyridine rings is 1. The van der Waals surface area contributed by atoms with E-state index in [4.69, 9.17) is 33.2 Å². The average Bonchev–Trinajstić information content (AvgIpc) is 2.30. The molecule has 0 saturated carbocycles. The van der Waals surface area contributed by atoms with Gasteiger partial charge in [-0.3, -0.25) is 4.79 Å². The highest BCUT2D eigenvalue weighted by Crippen LogP contribution is 2.19. The van der Waals surface area contributed by atoms with Gasteiger partial charge in [0.15, 0.2) is 0 Å². The molecule has 0 spiro atoms. The molecule has 1 heterocycles. The molecule has 0 atom stereocenters. The van der Waals surface area contributed by atoms with Gasteiger partial charge in [0, 0.05) is 22.3 Å². The van der Waals surface area contributed by atoms with E-state index in [9.17, 15) is 4.79 Å². The number of hydrogen-bond acceptors (Lipinski definition) is 3. The molecule has 2 rings (SSSR count). The molecule has 98 valence electrons. The van der Waals surface area contributed by atoms with Gasteiger partial charge >= 0.3 is 7.12 Å². The third-order valence-electron chi connectivity index (χ3n) is 2.59. The van der Waals surface area contributed by atoms with E-state index in [0.29, 0.717) is 16.6 Å². The van der Waals surface area contributed by atoms with Crippen LogP contribution >= 0.6 is 23.2 Å². The Hall–Kier alpha value is -1.27. The van der Waals surface area contributed by atoms with E-state index >= 15 is 0 Å². The van der Waals surface area contributed by atoms with Gasteiger partial charge in [-0.05, 0) is 35.3 Å². The van der Waals surface area contributed by atoms with Crippen molar-refractivity contribution < 1.29 is 10.0 Å². The van der Waals surface area contributed by atoms with Crippen LogP contribution in [0.2, 0.25) is 10.0 Å². The Morgan fingerprint density at radius 3 is 2.26 bits per heavy atom. The number of hydrogen-bond donors (Lipinski definition) is 2. The molecule has 19 heavy (non-hydrogen) atoms. The Balaban J connectivity index is 2.31. The Morgan fingerprint density at radius 2 is 1.74 bits per heavy atom. The SMILES string of the molecule is O=c1cc(B(O)O)ccn1Cc1cc(Cl)cc(Cl)c1. The van der Waals surface area contributed by atoms with Crippen LogP contribution in [0.5, 0.6) is 0 Å². The average molecular weight is 298 g/mol. The third kappa shape index (κ3) is 3.61. The predicted molar refractivity (Wildman–Crippen MR) is 76.1 cm³/mol. The van der Waals surface area contributed by atoms with Crippen molar-refractivity contribution >= 4 is 35.8 Å². The minimum atomic E-state index is -1.65. The molecular formula is C12H10BCl2NO3. The first-order valence-electron chi connectivity index (χ1n) is 5.47. The number of halogens is 2. The van der Waals surface area contributed by atoms with E-state index in [1.54, 1.807) is 18.2 Å². The number of aromatic nitrogens is 1. The molecule has 0 saturated heterocycles. The van der Waals surface area contributed by atoms with E-state index in [1.165, 1.54) is 22.9 Å². The summed E-state index contributed by atoms with van der Waals surface area (Å²) in [5.74, 6) is 0. The van der Waals surface area contributed by atoms with Crippen molar-refractivity contribution in [3.8, 4) is 0 Å². The molecule has 0 aliphatic heterocycles. The maximum absolute atomic E-state index is 11.8. The van der Waals surface area contributed by atoms with E-state index < -0.39 is 7.12 Å². The standard InChI is InChI=1S/C12H10BCl2NO3/c14-10-3-8(4-11(15)6-10)7-16-2-1-9(13(18)19)5-12(16)17/h1-6,18-19H,7H2. The van der Waals surface area contributed by atoms with E-state index in [1.807, 2.05) is 0 Å². The van der Waals surface area contributed by atoms with Crippen LogP contribution in [0.15, 0.2) is 41.3 Å². The first-order chi connectivity index (χ1) is 8.95. The molecule has 0 unspecified atom stereocenters. The van der Waals surface area contributed by atoms with Crippen molar-refractivity contribution in [1.29, 1.82) is 0 Å². The van der Waals surface area contributed by atoms with Crippen molar-refractivity contribution in [2.45, 2.75) is 6.54 Å². The fourth-order valence-corrected chi connectivity index (χ4v) is 2.28. The zero-order valence-electron chi connectivity index (χ0n) is 9.75. The Morgan fingerprint density at radius 1 is 1.11 bits per heavy atom. The van der Waals surface area contributed by atoms with E-state index in [-0.39, 0.29) is 11.0 Å². The second kappa shape index (κ2) is 5.80. The van der Waals surface area contributed by atoms with Gasteiger partial charge in [0.1, 0.15) is 0 Å². The van der Waals surface area contributed by atoms with Crippen molar-refractivity contribution in [1.82, 2.24) is 4.57 Å². The van der Waals surface area contributed by atoms with Crippen LogP contribution in [0.4, 0.5) is 0 Å². The number of benzene rings is 1. The molecule has 2 aromatic rings. The Labute approximate surface area is 120 Å². The largest absolute Gasteiger partial charge is 0.488 e. The quantitative estimate of drug-likeness (QED) is 0.827. The fraction of sp³-hybridized carbons (Fsp3) is 0.0833. The molecule has 0 amide bonds. The maximum Gasteiger partial charge on any atom is 0.488 e. The molecule has 0 bridgehead atoms. The van der Waals surface area contributed by atoms with Crippen LogP contribution in [0.3, 0.4) is 0 Å². The first kappa shape index (κ1) is 14.2.